The van der Waals surface area contributed by atoms with E-state index in [0.29, 0.717) is 18.5 Å². The Hall–Kier alpha value is -3.21. The molecule has 0 bridgehead atoms. The Balaban J connectivity index is 1.77. The van der Waals surface area contributed by atoms with E-state index in [1.54, 1.807) is 6.33 Å². The Labute approximate surface area is 139 Å². The number of imidazole rings is 1. The summed E-state index contributed by atoms with van der Waals surface area (Å²) >= 11 is 0. The molecule has 2 aromatic carbocycles. The van der Waals surface area contributed by atoms with Crippen molar-refractivity contribution >= 4 is 11.2 Å². The Morgan fingerprint density at radius 2 is 1.42 bits per heavy atom. The molecule has 0 saturated heterocycles. The normalized spacial score (nSPS) is 11.0. The van der Waals surface area contributed by atoms with E-state index in [0.717, 1.165) is 17.0 Å². The minimum Gasteiger partial charge on any atom is -0.338 e. The van der Waals surface area contributed by atoms with Crippen molar-refractivity contribution in [3.8, 4) is 0 Å². The van der Waals surface area contributed by atoms with Gasteiger partial charge in [-0.25, -0.2) is 19.6 Å². The van der Waals surface area contributed by atoms with Crippen molar-refractivity contribution in [3.63, 3.8) is 0 Å². The van der Waals surface area contributed by atoms with Gasteiger partial charge in [0.2, 0.25) is 0 Å². The fourth-order valence-corrected chi connectivity index (χ4v) is 2.84. The van der Waals surface area contributed by atoms with Gasteiger partial charge in [0, 0.05) is 12.8 Å². The smallest absolute Gasteiger partial charge is 0.183 e. The number of nitrogen functional groups attached to an aromatic ring is 1. The van der Waals surface area contributed by atoms with Crippen LogP contribution in [0.1, 0.15) is 22.6 Å². The van der Waals surface area contributed by atoms with Crippen LogP contribution in [0.25, 0.3) is 11.2 Å². The largest absolute Gasteiger partial charge is 0.338 e. The molecular weight excluding hydrogens is 298 g/mol. The Bertz CT molecular complexity index is 961. The van der Waals surface area contributed by atoms with Gasteiger partial charge >= 0.3 is 0 Å². The number of aromatic nitrogens is 4. The first-order valence-corrected chi connectivity index (χ1v) is 7.85. The van der Waals surface area contributed by atoms with Gasteiger partial charge in [-0.3, -0.25) is 0 Å². The summed E-state index contributed by atoms with van der Waals surface area (Å²) in [6.45, 7) is 0. The van der Waals surface area contributed by atoms with Crippen LogP contribution in [0.4, 0.5) is 0 Å². The van der Waals surface area contributed by atoms with Crippen molar-refractivity contribution in [2.24, 2.45) is 0 Å². The number of nitrogens with zero attached hydrogens (tertiary/aromatic N) is 4. The van der Waals surface area contributed by atoms with Gasteiger partial charge in [0.1, 0.15) is 17.7 Å². The standard InChI is InChI=1S/C19H17N5/c20-24-13-21-19-18(24)16(11-14-7-3-1-4-8-14)22-17(23-19)12-15-9-5-2-6-10-15/h1-10,13H,11-12,20H2. The summed E-state index contributed by atoms with van der Waals surface area (Å²) in [7, 11) is 0. The fourth-order valence-electron chi connectivity index (χ4n) is 2.84. The fraction of sp³-hybridized carbons (Fsp3) is 0.105. The van der Waals surface area contributed by atoms with E-state index in [1.807, 2.05) is 36.4 Å². The average Bonchev–Trinajstić information content (AvgIpc) is 2.98. The molecule has 2 N–H and O–H groups in total. The maximum atomic E-state index is 6.01. The van der Waals surface area contributed by atoms with E-state index >= 15 is 0 Å². The number of benzene rings is 2. The van der Waals surface area contributed by atoms with Crippen LogP contribution in [0.15, 0.2) is 67.0 Å². The zero-order valence-corrected chi connectivity index (χ0v) is 13.1. The maximum Gasteiger partial charge on any atom is 0.183 e. The summed E-state index contributed by atoms with van der Waals surface area (Å²) in [5.41, 5.74) is 4.69. The summed E-state index contributed by atoms with van der Waals surface area (Å²) < 4.78 is 1.50. The third kappa shape index (κ3) is 2.84. The minimum absolute atomic E-state index is 0.643. The summed E-state index contributed by atoms with van der Waals surface area (Å²) in [5.74, 6) is 6.77. The van der Waals surface area contributed by atoms with Crippen molar-refractivity contribution in [2.45, 2.75) is 12.8 Å². The SMILES string of the molecule is Nn1cnc2nc(Cc3ccccc3)nc(Cc3ccccc3)c21. The van der Waals surface area contributed by atoms with Gasteiger partial charge in [-0.05, 0) is 11.1 Å². The van der Waals surface area contributed by atoms with Gasteiger partial charge in [0.05, 0.1) is 5.69 Å². The second kappa shape index (κ2) is 6.12. The molecule has 4 aromatic rings. The van der Waals surface area contributed by atoms with Crippen LogP contribution in [-0.2, 0) is 12.8 Å². The highest BCUT2D eigenvalue weighted by Crippen LogP contribution is 2.18. The quantitative estimate of drug-likeness (QED) is 0.588. The lowest BCUT2D eigenvalue weighted by molar-refractivity contribution is 0.927. The third-order valence-corrected chi connectivity index (χ3v) is 3.97. The zero-order valence-electron chi connectivity index (χ0n) is 13.1. The molecule has 0 radical (unpaired) electrons. The van der Waals surface area contributed by atoms with E-state index in [1.165, 1.54) is 15.8 Å². The van der Waals surface area contributed by atoms with Crippen LogP contribution in [0, 0.1) is 0 Å². The van der Waals surface area contributed by atoms with Crippen molar-refractivity contribution in [1.29, 1.82) is 0 Å². The van der Waals surface area contributed by atoms with Crippen LogP contribution in [0.2, 0.25) is 0 Å². The van der Waals surface area contributed by atoms with Crippen LogP contribution in [0.3, 0.4) is 0 Å². The van der Waals surface area contributed by atoms with Gasteiger partial charge < -0.3 is 5.84 Å². The van der Waals surface area contributed by atoms with E-state index in [4.69, 9.17) is 10.8 Å². The molecule has 2 aromatic heterocycles. The molecule has 0 atom stereocenters. The molecule has 118 valence electrons. The van der Waals surface area contributed by atoms with Gasteiger partial charge in [0.15, 0.2) is 5.65 Å². The maximum absolute atomic E-state index is 6.01. The lowest BCUT2D eigenvalue weighted by Gasteiger charge is -2.07. The van der Waals surface area contributed by atoms with Crippen LogP contribution >= 0.6 is 0 Å². The number of rotatable bonds is 4. The molecule has 0 aliphatic rings. The molecule has 5 heteroatoms. The van der Waals surface area contributed by atoms with Gasteiger partial charge in [-0.1, -0.05) is 60.7 Å². The average molecular weight is 315 g/mol. The zero-order chi connectivity index (χ0) is 16.4. The number of hydrogen-bond acceptors (Lipinski definition) is 4. The molecule has 0 amide bonds. The van der Waals surface area contributed by atoms with Gasteiger partial charge in [0.25, 0.3) is 0 Å². The van der Waals surface area contributed by atoms with E-state index in [9.17, 15) is 0 Å². The first kappa shape index (κ1) is 14.4. The molecule has 4 rings (SSSR count). The van der Waals surface area contributed by atoms with Gasteiger partial charge in [-0.15, -0.1) is 0 Å². The lowest BCUT2D eigenvalue weighted by Crippen LogP contribution is -2.10. The first-order chi connectivity index (χ1) is 11.8. The number of fused-ring (bicyclic) bond motifs is 1. The van der Waals surface area contributed by atoms with E-state index < -0.39 is 0 Å². The molecule has 5 nitrogen and oxygen atoms in total. The Morgan fingerprint density at radius 1 is 0.792 bits per heavy atom. The molecule has 24 heavy (non-hydrogen) atoms. The monoisotopic (exact) mass is 315 g/mol. The van der Waals surface area contributed by atoms with Crippen molar-refractivity contribution < 1.29 is 0 Å². The second-order valence-corrected chi connectivity index (χ2v) is 5.74. The van der Waals surface area contributed by atoms with Crippen LogP contribution in [-0.4, -0.2) is 19.6 Å². The summed E-state index contributed by atoms with van der Waals surface area (Å²) in [6.07, 6.45) is 2.96. The molecule has 0 fully saturated rings. The molecule has 0 aliphatic carbocycles. The molecular formula is C19H17N5. The summed E-state index contributed by atoms with van der Waals surface area (Å²) in [4.78, 5) is 13.7. The first-order valence-electron chi connectivity index (χ1n) is 7.85. The molecule has 0 saturated carbocycles. The van der Waals surface area contributed by atoms with E-state index in [2.05, 4.69) is 34.2 Å². The number of nitrogens with two attached hydrogens (primary N) is 1. The van der Waals surface area contributed by atoms with Crippen molar-refractivity contribution in [2.75, 3.05) is 5.84 Å². The van der Waals surface area contributed by atoms with Crippen molar-refractivity contribution in [1.82, 2.24) is 19.6 Å². The van der Waals surface area contributed by atoms with E-state index in [-0.39, 0.29) is 0 Å². The highest BCUT2D eigenvalue weighted by molar-refractivity contribution is 5.74. The summed E-state index contributed by atoms with van der Waals surface area (Å²) in [5, 5.41) is 0. The van der Waals surface area contributed by atoms with Crippen molar-refractivity contribution in [3.05, 3.63) is 89.6 Å². The van der Waals surface area contributed by atoms with Gasteiger partial charge in [-0.2, -0.15) is 0 Å². The molecule has 0 spiro atoms. The lowest BCUT2D eigenvalue weighted by atomic mass is 10.1. The number of hydrogen-bond donors (Lipinski definition) is 1. The molecule has 0 aliphatic heterocycles. The predicted molar refractivity (Wildman–Crippen MR) is 94.0 cm³/mol. The van der Waals surface area contributed by atoms with Crippen LogP contribution in [0.5, 0.6) is 0 Å². The predicted octanol–water partition coefficient (Wildman–Crippen LogP) is 2.72. The topological polar surface area (TPSA) is 69.6 Å². The minimum atomic E-state index is 0.643. The Morgan fingerprint density at radius 3 is 2.08 bits per heavy atom. The molecule has 2 heterocycles. The molecule has 0 unspecified atom stereocenters. The highest BCUT2D eigenvalue weighted by Gasteiger charge is 2.13. The Kier molecular flexibility index (Phi) is 3.67. The highest BCUT2D eigenvalue weighted by atomic mass is 15.3. The third-order valence-electron chi connectivity index (χ3n) is 3.97. The van der Waals surface area contributed by atoms with Crippen LogP contribution < -0.4 is 5.84 Å². The summed E-state index contributed by atoms with van der Waals surface area (Å²) in [6, 6.07) is 20.4. The second-order valence-electron chi connectivity index (χ2n) is 5.74.